The fourth-order valence-corrected chi connectivity index (χ4v) is 2.11. The summed E-state index contributed by atoms with van der Waals surface area (Å²) in [6.45, 7) is 1.64. The number of rotatable bonds is 4. The molecule has 0 radical (unpaired) electrons. The van der Waals surface area contributed by atoms with Crippen LogP contribution in [0.15, 0.2) is 53.1 Å². The monoisotopic (exact) mass is 329 g/mol. The van der Waals surface area contributed by atoms with E-state index in [1.165, 1.54) is 42.5 Å². The van der Waals surface area contributed by atoms with Gasteiger partial charge in [0.15, 0.2) is 0 Å². The van der Waals surface area contributed by atoms with Gasteiger partial charge in [0.05, 0.1) is 5.56 Å². The summed E-state index contributed by atoms with van der Waals surface area (Å²) in [5.41, 5.74) is 0.515. The zero-order chi connectivity index (χ0) is 17.1. The maximum Gasteiger partial charge on any atom is 0.254 e. The van der Waals surface area contributed by atoms with Crippen LogP contribution in [0.4, 0.5) is 8.78 Å². The molecular formula is C17H13F2N3O2. The second-order valence-corrected chi connectivity index (χ2v) is 5.14. The van der Waals surface area contributed by atoms with Gasteiger partial charge >= 0.3 is 0 Å². The third kappa shape index (κ3) is 3.29. The average Bonchev–Trinajstić information content (AvgIpc) is 3.06. The van der Waals surface area contributed by atoms with Gasteiger partial charge in [-0.05, 0) is 43.3 Å². The lowest BCUT2D eigenvalue weighted by atomic mass is 10.2. The van der Waals surface area contributed by atoms with Crippen molar-refractivity contribution < 1.29 is 18.1 Å². The third-order valence-corrected chi connectivity index (χ3v) is 3.38. The van der Waals surface area contributed by atoms with Crippen molar-refractivity contribution in [2.75, 3.05) is 0 Å². The molecular weight excluding hydrogens is 316 g/mol. The molecule has 0 aliphatic carbocycles. The van der Waals surface area contributed by atoms with Crippen LogP contribution in [0.5, 0.6) is 0 Å². The van der Waals surface area contributed by atoms with Crippen LogP contribution in [0.3, 0.4) is 0 Å². The van der Waals surface area contributed by atoms with Gasteiger partial charge in [0.25, 0.3) is 5.91 Å². The zero-order valence-corrected chi connectivity index (χ0v) is 12.7. The molecule has 0 fully saturated rings. The Morgan fingerprint density at radius 2 is 1.83 bits per heavy atom. The molecule has 0 saturated carbocycles. The summed E-state index contributed by atoms with van der Waals surface area (Å²) in [7, 11) is 0. The van der Waals surface area contributed by atoms with Gasteiger partial charge in [-0.2, -0.15) is 4.98 Å². The van der Waals surface area contributed by atoms with Crippen LogP contribution in [0.2, 0.25) is 0 Å². The fraction of sp³-hybridized carbons (Fsp3) is 0.118. The van der Waals surface area contributed by atoms with Gasteiger partial charge in [0, 0.05) is 5.56 Å². The van der Waals surface area contributed by atoms with E-state index in [2.05, 4.69) is 15.5 Å². The van der Waals surface area contributed by atoms with Crippen LogP contribution in [0.25, 0.3) is 11.4 Å². The first-order chi connectivity index (χ1) is 11.5. The van der Waals surface area contributed by atoms with Gasteiger partial charge in [-0.1, -0.05) is 17.3 Å². The molecule has 2 aromatic carbocycles. The lowest BCUT2D eigenvalue weighted by molar-refractivity contribution is 0.0928. The van der Waals surface area contributed by atoms with Crippen molar-refractivity contribution in [2.24, 2.45) is 0 Å². The van der Waals surface area contributed by atoms with Crippen molar-refractivity contribution in [1.29, 1.82) is 0 Å². The van der Waals surface area contributed by atoms with Crippen LogP contribution >= 0.6 is 0 Å². The van der Waals surface area contributed by atoms with E-state index in [1.807, 2.05) is 0 Å². The second-order valence-electron chi connectivity index (χ2n) is 5.14. The number of hydrogen-bond acceptors (Lipinski definition) is 4. The minimum Gasteiger partial charge on any atom is -0.340 e. The van der Waals surface area contributed by atoms with Gasteiger partial charge in [0.1, 0.15) is 17.7 Å². The first kappa shape index (κ1) is 15.8. The zero-order valence-electron chi connectivity index (χ0n) is 12.7. The Labute approximate surface area is 136 Å². The molecule has 0 bridgehead atoms. The molecule has 3 aromatic rings. The molecule has 3 rings (SSSR count). The molecule has 0 spiro atoms. The minimum atomic E-state index is -0.612. The molecule has 0 saturated heterocycles. The average molecular weight is 329 g/mol. The van der Waals surface area contributed by atoms with E-state index in [0.717, 1.165) is 0 Å². The number of carbonyl (C=O) groups excluding carboxylic acids is 1. The number of nitrogens with one attached hydrogen (secondary N) is 1. The van der Waals surface area contributed by atoms with E-state index in [0.29, 0.717) is 5.56 Å². The summed E-state index contributed by atoms with van der Waals surface area (Å²) < 4.78 is 31.7. The molecule has 24 heavy (non-hydrogen) atoms. The first-order valence-electron chi connectivity index (χ1n) is 7.19. The summed E-state index contributed by atoms with van der Waals surface area (Å²) in [4.78, 5) is 16.3. The van der Waals surface area contributed by atoms with Crippen LogP contribution in [-0.2, 0) is 0 Å². The fourth-order valence-electron chi connectivity index (χ4n) is 2.11. The van der Waals surface area contributed by atoms with E-state index in [-0.39, 0.29) is 23.1 Å². The smallest absolute Gasteiger partial charge is 0.254 e. The Morgan fingerprint density at radius 3 is 2.54 bits per heavy atom. The van der Waals surface area contributed by atoms with Crippen LogP contribution in [0.1, 0.15) is 29.2 Å². The normalized spacial score (nSPS) is 12.0. The highest BCUT2D eigenvalue weighted by atomic mass is 19.1. The Kier molecular flexibility index (Phi) is 4.33. The van der Waals surface area contributed by atoms with Gasteiger partial charge in [-0.3, -0.25) is 4.79 Å². The standard InChI is InChI=1S/C17H13F2N3O2/c1-10(20-16(23)13-4-2-3-5-14(13)19)17-21-15(22-24-17)11-6-8-12(18)9-7-11/h2-10H,1H3,(H,20,23)/t10-/m1/s1. The highest BCUT2D eigenvalue weighted by molar-refractivity contribution is 5.94. The molecule has 1 aromatic heterocycles. The van der Waals surface area contributed by atoms with Crippen molar-refractivity contribution in [2.45, 2.75) is 13.0 Å². The van der Waals surface area contributed by atoms with Crippen LogP contribution < -0.4 is 5.32 Å². The predicted octanol–water partition coefficient (Wildman–Crippen LogP) is 3.51. The highest BCUT2D eigenvalue weighted by Crippen LogP contribution is 2.19. The Hall–Kier alpha value is -3.09. The number of halogens is 2. The number of hydrogen-bond donors (Lipinski definition) is 1. The lowest BCUT2D eigenvalue weighted by Gasteiger charge is -2.10. The number of amides is 1. The van der Waals surface area contributed by atoms with Crippen molar-refractivity contribution in [3.8, 4) is 11.4 Å². The number of aromatic nitrogens is 2. The van der Waals surface area contributed by atoms with Crippen molar-refractivity contribution >= 4 is 5.91 Å². The Morgan fingerprint density at radius 1 is 1.12 bits per heavy atom. The van der Waals surface area contributed by atoms with Gasteiger partial charge < -0.3 is 9.84 Å². The molecule has 1 atom stereocenters. The summed E-state index contributed by atoms with van der Waals surface area (Å²) in [6.07, 6.45) is 0. The highest BCUT2D eigenvalue weighted by Gasteiger charge is 2.19. The summed E-state index contributed by atoms with van der Waals surface area (Å²) in [5, 5.41) is 6.39. The maximum absolute atomic E-state index is 13.6. The summed E-state index contributed by atoms with van der Waals surface area (Å²) in [6, 6.07) is 10.7. The van der Waals surface area contributed by atoms with Crippen molar-refractivity contribution in [1.82, 2.24) is 15.5 Å². The van der Waals surface area contributed by atoms with Gasteiger partial charge in [-0.25, -0.2) is 8.78 Å². The molecule has 1 amide bonds. The SMILES string of the molecule is C[C@@H](NC(=O)c1ccccc1F)c1nc(-c2ccc(F)cc2)no1. The lowest BCUT2D eigenvalue weighted by Crippen LogP contribution is -2.27. The van der Waals surface area contributed by atoms with Gasteiger partial charge in [-0.15, -0.1) is 0 Å². The van der Waals surface area contributed by atoms with Crippen LogP contribution in [-0.4, -0.2) is 16.0 Å². The topological polar surface area (TPSA) is 68.0 Å². The van der Waals surface area contributed by atoms with Crippen molar-refractivity contribution in [3.05, 3.63) is 71.6 Å². The van der Waals surface area contributed by atoms with Crippen LogP contribution in [0, 0.1) is 11.6 Å². The van der Waals surface area contributed by atoms with Crippen molar-refractivity contribution in [3.63, 3.8) is 0 Å². The predicted molar refractivity (Wildman–Crippen MR) is 82.0 cm³/mol. The second kappa shape index (κ2) is 6.57. The molecule has 5 nitrogen and oxygen atoms in total. The molecule has 1 heterocycles. The number of nitrogens with zero attached hydrogens (tertiary/aromatic N) is 2. The molecule has 0 aliphatic rings. The number of benzene rings is 2. The van der Waals surface area contributed by atoms with Gasteiger partial charge in [0.2, 0.25) is 11.7 Å². The van der Waals surface area contributed by atoms with E-state index in [9.17, 15) is 13.6 Å². The largest absolute Gasteiger partial charge is 0.340 e. The molecule has 122 valence electrons. The van der Waals surface area contributed by atoms with E-state index >= 15 is 0 Å². The quantitative estimate of drug-likeness (QED) is 0.795. The summed E-state index contributed by atoms with van der Waals surface area (Å²) in [5.74, 6) is -1.12. The van der Waals surface area contributed by atoms with E-state index in [4.69, 9.17) is 4.52 Å². The molecule has 0 aliphatic heterocycles. The summed E-state index contributed by atoms with van der Waals surface area (Å²) >= 11 is 0. The van der Waals surface area contributed by atoms with E-state index < -0.39 is 17.8 Å². The Balaban J connectivity index is 1.74. The number of carbonyl (C=O) groups is 1. The molecule has 0 unspecified atom stereocenters. The molecule has 1 N–H and O–H groups in total. The third-order valence-electron chi connectivity index (χ3n) is 3.38. The Bertz CT molecular complexity index is 862. The van der Waals surface area contributed by atoms with E-state index in [1.54, 1.807) is 13.0 Å². The maximum atomic E-state index is 13.6. The molecule has 7 heteroatoms. The minimum absolute atomic E-state index is 0.0670. The first-order valence-corrected chi connectivity index (χ1v) is 7.19.